The van der Waals surface area contributed by atoms with Gasteiger partial charge in [-0.1, -0.05) is 48.5 Å². The van der Waals surface area contributed by atoms with Crippen molar-refractivity contribution in [3.8, 4) is 22.3 Å². The van der Waals surface area contributed by atoms with Crippen LogP contribution in [-0.2, 0) is 9.84 Å². The second-order valence-corrected chi connectivity index (χ2v) is 9.02. The van der Waals surface area contributed by atoms with E-state index in [0.29, 0.717) is 33.6 Å². The molecule has 7 heteroatoms. The lowest BCUT2D eigenvalue weighted by molar-refractivity contribution is 0.597. The summed E-state index contributed by atoms with van der Waals surface area (Å²) in [6.45, 7) is 0. The van der Waals surface area contributed by atoms with Gasteiger partial charge in [-0.3, -0.25) is 0 Å². The predicted molar refractivity (Wildman–Crippen MR) is 127 cm³/mol. The van der Waals surface area contributed by atoms with Crippen LogP contribution in [0.25, 0.3) is 22.3 Å². The van der Waals surface area contributed by atoms with Gasteiger partial charge in [0, 0.05) is 22.5 Å². The third kappa shape index (κ3) is 3.67. The minimum absolute atomic E-state index is 0.00867. The predicted octanol–water partition coefficient (Wildman–Crippen LogP) is 4.18. The maximum atomic E-state index is 14.0. The van der Waals surface area contributed by atoms with Gasteiger partial charge < -0.3 is 22.9 Å². The van der Waals surface area contributed by atoms with Gasteiger partial charge in [-0.25, -0.2) is 8.42 Å². The quantitative estimate of drug-likeness (QED) is 0.358. The van der Waals surface area contributed by atoms with Crippen LogP contribution in [0.1, 0.15) is 0 Å². The Kier molecular flexibility index (Phi) is 5.04. The molecule has 0 aliphatic carbocycles. The largest absolute Gasteiger partial charge is 0.399 e. The maximum Gasteiger partial charge on any atom is 0.211 e. The van der Waals surface area contributed by atoms with Crippen molar-refractivity contribution in [2.24, 2.45) is 0 Å². The number of anilines is 4. The van der Waals surface area contributed by atoms with Crippen molar-refractivity contribution in [2.75, 3.05) is 22.9 Å². The van der Waals surface area contributed by atoms with Crippen LogP contribution >= 0.6 is 0 Å². The van der Waals surface area contributed by atoms with E-state index in [2.05, 4.69) is 0 Å². The van der Waals surface area contributed by atoms with E-state index in [9.17, 15) is 8.42 Å². The van der Waals surface area contributed by atoms with Gasteiger partial charge in [0.15, 0.2) is 0 Å². The summed E-state index contributed by atoms with van der Waals surface area (Å²) in [5, 5.41) is 0. The fourth-order valence-corrected chi connectivity index (χ4v) is 5.50. The van der Waals surface area contributed by atoms with E-state index in [1.165, 1.54) is 0 Å². The van der Waals surface area contributed by atoms with Crippen molar-refractivity contribution in [3.63, 3.8) is 0 Å². The number of nitrogens with two attached hydrogens (primary N) is 4. The molecule has 0 saturated heterocycles. The number of hydrogen-bond donors (Lipinski definition) is 4. The lowest BCUT2D eigenvalue weighted by atomic mass is 10.0. The molecule has 8 N–H and O–H groups in total. The number of benzene rings is 4. The van der Waals surface area contributed by atoms with Crippen LogP contribution in [0.5, 0.6) is 0 Å². The van der Waals surface area contributed by atoms with Gasteiger partial charge in [-0.05, 0) is 47.5 Å². The number of hydrogen-bond acceptors (Lipinski definition) is 6. The van der Waals surface area contributed by atoms with E-state index in [1.54, 1.807) is 84.9 Å². The zero-order valence-electron chi connectivity index (χ0n) is 16.6. The molecule has 0 atom stereocenters. The first-order chi connectivity index (χ1) is 14.8. The zero-order valence-corrected chi connectivity index (χ0v) is 17.4. The van der Waals surface area contributed by atoms with Crippen molar-refractivity contribution in [3.05, 3.63) is 84.9 Å². The third-order valence-corrected chi connectivity index (χ3v) is 7.06. The second-order valence-electron chi connectivity index (χ2n) is 7.20. The molecule has 0 unspecified atom stereocenters. The first-order valence-electron chi connectivity index (χ1n) is 9.53. The topological polar surface area (TPSA) is 138 Å². The molecular formula is C24H22N4O2S. The Labute approximate surface area is 181 Å². The Morgan fingerprint density at radius 3 is 1.19 bits per heavy atom. The Hall–Kier alpha value is -3.97. The third-order valence-electron chi connectivity index (χ3n) is 5.07. The molecule has 0 aliphatic heterocycles. The van der Waals surface area contributed by atoms with Crippen LogP contribution in [-0.4, -0.2) is 8.42 Å². The van der Waals surface area contributed by atoms with Gasteiger partial charge in [-0.2, -0.15) is 0 Å². The van der Waals surface area contributed by atoms with Gasteiger partial charge in [0.2, 0.25) is 9.84 Å². The lowest BCUT2D eigenvalue weighted by Gasteiger charge is -2.18. The highest BCUT2D eigenvalue weighted by Gasteiger charge is 2.29. The summed E-state index contributed by atoms with van der Waals surface area (Å²) in [4.78, 5) is 0.0173. The maximum absolute atomic E-state index is 14.0. The van der Waals surface area contributed by atoms with E-state index in [4.69, 9.17) is 22.9 Å². The van der Waals surface area contributed by atoms with E-state index in [-0.39, 0.29) is 21.2 Å². The van der Waals surface area contributed by atoms with Gasteiger partial charge in [0.1, 0.15) is 9.79 Å². The monoisotopic (exact) mass is 430 g/mol. The van der Waals surface area contributed by atoms with Crippen molar-refractivity contribution in [1.29, 1.82) is 0 Å². The van der Waals surface area contributed by atoms with Crippen molar-refractivity contribution in [1.82, 2.24) is 0 Å². The van der Waals surface area contributed by atoms with Crippen LogP contribution in [0.4, 0.5) is 22.7 Å². The average Bonchev–Trinajstić information content (AvgIpc) is 2.74. The summed E-state index contributed by atoms with van der Waals surface area (Å²) in [6.07, 6.45) is 0. The van der Waals surface area contributed by atoms with E-state index < -0.39 is 9.84 Å². The van der Waals surface area contributed by atoms with E-state index in [1.807, 2.05) is 0 Å². The first-order valence-corrected chi connectivity index (χ1v) is 11.0. The molecule has 4 aromatic carbocycles. The first kappa shape index (κ1) is 20.3. The SMILES string of the molecule is Nc1ccc(-c2cccc(N)c2S(=O)(=O)c2c(N)cccc2-c2ccc(N)cc2)cc1. The summed E-state index contributed by atoms with van der Waals surface area (Å²) in [6, 6.07) is 23.9. The minimum atomic E-state index is -4.09. The Morgan fingerprint density at radius 2 is 0.839 bits per heavy atom. The molecule has 0 amide bonds. The number of sulfone groups is 1. The zero-order chi connectivity index (χ0) is 22.2. The molecule has 0 fully saturated rings. The molecule has 4 aromatic rings. The molecule has 0 aliphatic rings. The molecule has 4 rings (SSSR count). The Balaban J connectivity index is 2.00. The van der Waals surface area contributed by atoms with Crippen LogP contribution in [0, 0.1) is 0 Å². The van der Waals surface area contributed by atoms with E-state index >= 15 is 0 Å². The molecule has 0 aromatic heterocycles. The van der Waals surface area contributed by atoms with E-state index in [0.717, 1.165) is 0 Å². The molecule has 0 spiro atoms. The molecule has 0 heterocycles. The van der Waals surface area contributed by atoms with Gasteiger partial charge >= 0.3 is 0 Å². The lowest BCUT2D eigenvalue weighted by Crippen LogP contribution is -2.11. The fourth-order valence-electron chi connectivity index (χ4n) is 3.59. The number of rotatable bonds is 4. The summed E-state index contributed by atoms with van der Waals surface area (Å²) in [7, 11) is -4.09. The van der Waals surface area contributed by atoms with Crippen LogP contribution < -0.4 is 22.9 Å². The highest BCUT2D eigenvalue weighted by molar-refractivity contribution is 7.92. The van der Waals surface area contributed by atoms with Crippen molar-refractivity contribution < 1.29 is 8.42 Å². The minimum Gasteiger partial charge on any atom is -0.399 e. The molecule has 0 bridgehead atoms. The highest BCUT2D eigenvalue weighted by atomic mass is 32.2. The van der Waals surface area contributed by atoms with Crippen LogP contribution in [0.3, 0.4) is 0 Å². The van der Waals surface area contributed by atoms with Gasteiger partial charge in [-0.15, -0.1) is 0 Å². The van der Waals surface area contributed by atoms with Gasteiger partial charge in [0.05, 0.1) is 11.4 Å². The molecule has 31 heavy (non-hydrogen) atoms. The van der Waals surface area contributed by atoms with Crippen LogP contribution in [0.2, 0.25) is 0 Å². The highest BCUT2D eigenvalue weighted by Crippen LogP contribution is 2.41. The molecule has 0 radical (unpaired) electrons. The van der Waals surface area contributed by atoms with Crippen LogP contribution in [0.15, 0.2) is 94.7 Å². The molecule has 0 saturated carbocycles. The fraction of sp³-hybridized carbons (Fsp3) is 0. The normalized spacial score (nSPS) is 11.4. The summed E-state index contributed by atoms with van der Waals surface area (Å²) in [5.74, 6) is 0. The molecule has 156 valence electrons. The molecule has 6 nitrogen and oxygen atoms in total. The molecular weight excluding hydrogens is 408 g/mol. The number of nitrogen functional groups attached to an aromatic ring is 4. The summed E-state index contributed by atoms with van der Waals surface area (Å²) in [5.41, 5.74) is 27.8. The van der Waals surface area contributed by atoms with Gasteiger partial charge in [0.25, 0.3) is 0 Å². The average molecular weight is 431 g/mol. The smallest absolute Gasteiger partial charge is 0.211 e. The van der Waals surface area contributed by atoms with Crippen molar-refractivity contribution in [2.45, 2.75) is 9.79 Å². The standard InChI is InChI=1S/C24H22N4O2S/c25-17-11-7-15(8-12-17)19-3-1-5-21(27)23(19)31(29,30)24-20(4-2-6-22(24)28)16-9-13-18(26)14-10-16/h1-14H,25-28H2. The Morgan fingerprint density at radius 1 is 0.484 bits per heavy atom. The van der Waals surface area contributed by atoms with Crippen molar-refractivity contribution >= 4 is 32.6 Å². The second kappa shape index (κ2) is 7.70. The summed E-state index contributed by atoms with van der Waals surface area (Å²) < 4.78 is 28.0. The summed E-state index contributed by atoms with van der Waals surface area (Å²) >= 11 is 0. The Bertz CT molecular complexity index is 1260.